The molecule has 0 radical (unpaired) electrons. The van der Waals surface area contributed by atoms with Crippen LogP contribution in [0.25, 0.3) is 0 Å². The predicted molar refractivity (Wildman–Crippen MR) is 68.4 cm³/mol. The monoisotopic (exact) mass is 244 g/mol. The van der Waals surface area contributed by atoms with Gasteiger partial charge in [-0.1, -0.05) is 19.2 Å². The zero-order valence-electron chi connectivity index (χ0n) is 10.7. The molecule has 94 valence electrons. The minimum Gasteiger partial charge on any atom is -0.696 e. The molecule has 0 spiro atoms. The number of nitrogens with zero attached hydrogens (tertiary/aromatic N) is 2. The van der Waals surface area contributed by atoms with E-state index >= 15 is 0 Å². The fourth-order valence-electron chi connectivity index (χ4n) is 2.43. The lowest BCUT2D eigenvalue weighted by molar-refractivity contribution is -0.937. The topological polar surface area (TPSA) is 33.0 Å². The summed E-state index contributed by atoms with van der Waals surface area (Å²) in [4.78, 5) is 0. The first-order valence-corrected chi connectivity index (χ1v) is 6.45. The van der Waals surface area contributed by atoms with Crippen LogP contribution in [0.3, 0.4) is 0 Å². The molecule has 0 aromatic heterocycles. The first kappa shape index (κ1) is 15.6. The van der Waals surface area contributed by atoms with Gasteiger partial charge in [-0.25, -0.2) is 5.26 Å². The largest absolute Gasteiger partial charge is 0.696 e. The van der Waals surface area contributed by atoms with Gasteiger partial charge >= 0.3 is 0 Å². The van der Waals surface area contributed by atoms with Gasteiger partial charge < -0.3 is 21.8 Å². The zero-order chi connectivity index (χ0) is 12.4. The lowest BCUT2D eigenvalue weighted by atomic mass is 10.2. The third kappa shape index (κ3) is 6.26. The molecule has 0 unspecified atom stereocenters. The van der Waals surface area contributed by atoms with Gasteiger partial charge in [0.05, 0.1) is 19.6 Å². The van der Waals surface area contributed by atoms with Gasteiger partial charge in [0.15, 0.2) is 6.73 Å². The standard InChI is InChI=1S/C11H24NO.CHNS/c1-4-13-10-12(9-11(2)3)7-5-6-8-12;2-1-3/h11H,4-10H2,1-3H3;3H/q+1;/p-1. The van der Waals surface area contributed by atoms with Crippen LogP contribution in [0.2, 0.25) is 0 Å². The van der Waals surface area contributed by atoms with Crippen LogP contribution in [-0.4, -0.2) is 37.5 Å². The highest BCUT2D eigenvalue weighted by molar-refractivity contribution is 7.64. The molecule has 0 aliphatic carbocycles. The number of nitriles is 1. The Morgan fingerprint density at radius 2 is 1.88 bits per heavy atom. The van der Waals surface area contributed by atoms with Crippen molar-refractivity contribution in [2.24, 2.45) is 5.92 Å². The molecule has 0 atom stereocenters. The normalized spacial score (nSPS) is 17.7. The van der Waals surface area contributed by atoms with Crippen LogP contribution in [0.5, 0.6) is 0 Å². The Labute approximate surface area is 105 Å². The summed E-state index contributed by atoms with van der Waals surface area (Å²) in [6, 6.07) is 0. The first-order valence-electron chi connectivity index (χ1n) is 6.04. The Kier molecular flexibility index (Phi) is 8.54. The smallest absolute Gasteiger partial charge is 0.183 e. The van der Waals surface area contributed by atoms with Gasteiger partial charge in [0.2, 0.25) is 0 Å². The van der Waals surface area contributed by atoms with E-state index in [0.717, 1.165) is 19.3 Å². The third-order valence-electron chi connectivity index (χ3n) is 2.84. The summed E-state index contributed by atoms with van der Waals surface area (Å²) in [7, 11) is 0. The van der Waals surface area contributed by atoms with Crippen LogP contribution < -0.4 is 0 Å². The molecule has 1 fully saturated rings. The van der Waals surface area contributed by atoms with Gasteiger partial charge in [-0.2, -0.15) is 0 Å². The molecule has 0 aromatic carbocycles. The second-order valence-electron chi connectivity index (χ2n) is 4.79. The SMILES string of the molecule is CCOC[N+]1(CC(C)C)CCCC1.N#C[S-]. The summed E-state index contributed by atoms with van der Waals surface area (Å²) in [5, 5.41) is 8.47. The van der Waals surface area contributed by atoms with E-state index in [-0.39, 0.29) is 0 Å². The van der Waals surface area contributed by atoms with E-state index in [1.165, 1.54) is 42.4 Å². The molecule has 1 heterocycles. The fraction of sp³-hybridized carbons (Fsp3) is 0.917. The van der Waals surface area contributed by atoms with Crippen LogP contribution in [0.15, 0.2) is 0 Å². The lowest BCUT2D eigenvalue weighted by Crippen LogP contribution is -2.49. The molecule has 1 saturated heterocycles. The van der Waals surface area contributed by atoms with Gasteiger partial charge in [-0.05, 0) is 6.92 Å². The van der Waals surface area contributed by atoms with Crippen molar-refractivity contribution in [3.63, 3.8) is 0 Å². The number of likely N-dealkylation sites (tertiary alicyclic amines) is 1. The zero-order valence-corrected chi connectivity index (χ0v) is 11.6. The Morgan fingerprint density at radius 3 is 2.25 bits per heavy atom. The van der Waals surface area contributed by atoms with E-state index in [1.54, 1.807) is 0 Å². The molecule has 0 aromatic rings. The van der Waals surface area contributed by atoms with Gasteiger partial charge in [0.25, 0.3) is 0 Å². The van der Waals surface area contributed by atoms with Gasteiger partial charge in [0.1, 0.15) is 0 Å². The van der Waals surface area contributed by atoms with Crippen molar-refractivity contribution >= 4 is 12.6 Å². The maximum absolute atomic E-state index is 7.13. The highest BCUT2D eigenvalue weighted by Gasteiger charge is 2.32. The molecular weight excluding hydrogens is 220 g/mol. The quantitative estimate of drug-likeness (QED) is 0.422. The molecule has 3 nitrogen and oxygen atoms in total. The molecule has 0 N–H and O–H groups in total. The van der Waals surface area contributed by atoms with E-state index in [1.807, 2.05) is 0 Å². The average Bonchev–Trinajstić information content (AvgIpc) is 2.64. The van der Waals surface area contributed by atoms with Crippen molar-refractivity contribution in [2.45, 2.75) is 33.6 Å². The number of hydrogen-bond donors (Lipinski definition) is 0. The Bertz CT molecular complexity index is 208. The van der Waals surface area contributed by atoms with E-state index in [0.29, 0.717) is 0 Å². The second-order valence-corrected chi connectivity index (χ2v) is 4.97. The number of quaternary nitrogens is 1. The van der Waals surface area contributed by atoms with Crippen LogP contribution >= 0.6 is 0 Å². The van der Waals surface area contributed by atoms with Gasteiger partial charge in [-0.3, -0.25) is 0 Å². The number of ether oxygens (including phenoxy) is 1. The first-order chi connectivity index (χ1) is 7.60. The Balaban J connectivity index is 0.000000673. The van der Waals surface area contributed by atoms with Crippen molar-refractivity contribution in [1.29, 1.82) is 5.26 Å². The third-order valence-corrected chi connectivity index (χ3v) is 2.84. The van der Waals surface area contributed by atoms with E-state index in [4.69, 9.17) is 10.00 Å². The highest BCUT2D eigenvalue weighted by atomic mass is 32.1. The Hall–Kier alpha value is -0.370. The molecule has 1 aliphatic heterocycles. The summed E-state index contributed by atoms with van der Waals surface area (Å²) in [6.45, 7) is 12.5. The van der Waals surface area contributed by atoms with E-state index in [2.05, 4.69) is 33.4 Å². The van der Waals surface area contributed by atoms with Crippen LogP contribution in [0.1, 0.15) is 33.6 Å². The number of hydrogen-bond acceptors (Lipinski definition) is 3. The Morgan fingerprint density at radius 1 is 1.38 bits per heavy atom. The van der Waals surface area contributed by atoms with Crippen LogP contribution in [0, 0.1) is 16.6 Å². The fourth-order valence-corrected chi connectivity index (χ4v) is 2.43. The molecular formula is C12H24N2OS. The summed E-state index contributed by atoms with van der Waals surface area (Å²) in [5.74, 6) is 0.790. The molecule has 16 heavy (non-hydrogen) atoms. The lowest BCUT2D eigenvalue weighted by Gasteiger charge is -2.35. The number of rotatable bonds is 5. The van der Waals surface area contributed by atoms with Crippen molar-refractivity contribution in [2.75, 3.05) is 33.0 Å². The average molecular weight is 244 g/mol. The van der Waals surface area contributed by atoms with Gasteiger partial charge in [0, 0.05) is 25.4 Å². The van der Waals surface area contributed by atoms with Crippen molar-refractivity contribution < 1.29 is 9.22 Å². The summed E-state index contributed by atoms with van der Waals surface area (Å²) in [6.07, 6.45) is 2.78. The van der Waals surface area contributed by atoms with E-state index < -0.39 is 0 Å². The van der Waals surface area contributed by atoms with Crippen LogP contribution in [0.4, 0.5) is 0 Å². The van der Waals surface area contributed by atoms with Crippen molar-refractivity contribution in [3.8, 4) is 5.40 Å². The van der Waals surface area contributed by atoms with Crippen molar-refractivity contribution in [3.05, 3.63) is 0 Å². The minimum atomic E-state index is 0.790. The molecule has 4 heteroatoms. The second kappa shape index (κ2) is 8.74. The maximum atomic E-state index is 7.13. The maximum Gasteiger partial charge on any atom is 0.183 e. The number of thiocyanates is 1. The molecule has 1 rings (SSSR count). The highest BCUT2D eigenvalue weighted by Crippen LogP contribution is 2.21. The molecule has 0 bridgehead atoms. The molecule has 0 amide bonds. The van der Waals surface area contributed by atoms with E-state index in [9.17, 15) is 0 Å². The van der Waals surface area contributed by atoms with Crippen LogP contribution in [-0.2, 0) is 17.4 Å². The minimum absolute atomic E-state index is 0.790. The summed E-state index contributed by atoms with van der Waals surface area (Å²) >= 11 is 3.70. The molecule has 0 saturated carbocycles. The molecule has 1 aliphatic rings. The summed E-state index contributed by atoms with van der Waals surface area (Å²) in [5.41, 5.74) is 0. The van der Waals surface area contributed by atoms with Gasteiger partial charge in [-0.15, -0.1) is 0 Å². The van der Waals surface area contributed by atoms with Crippen molar-refractivity contribution in [1.82, 2.24) is 0 Å². The summed E-state index contributed by atoms with van der Waals surface area (Å²) < 4.78 is 6.81. The predicted octanol–water partition coefficient (Wildman–Crippen LogP) is 2.26.